The van der Waals surface area contributed by atoms with Crippen LogP contribution in [0.25, 0.3) is 11.1 Å². The van der Waals surface area contributed by atoms with Gasteiger partial charge in [0.15, 0.2) is 5.82 Å². The maximum Gasteiger partial charge on any atom is 0.231 e. The monoisotopic (exact) mass is 367 g/mol. The normalized spacial score (nSPS) is 17.5. The lowest BCUT2D eigenvalue weighted by molar-refractivity contribution is -0.125. The third kappa shape index (κ3) is 3.06. The third-order valence-electron chi connectivity index (χ3n) is 4.83. The third-order valence-corrected chi connectivity index (χ3v) is 5.83. The number of fused-ring (bicyclic) bond motifs is 1. The number of rotatable bonds is 4. The second kappa shape index (κ2) is 7.05. The molecule has 134 valence electrons. The van der Waals surface area contributed by atoms with Crippen LogP contribution in [0.5, 0.6) is 0 Å². The van der Waals surface area contributed by atoms with Gasteiger partial charge in [-0.3, -0.25) is 9.89 Å². The predicted molar refractivity (Wildman–Crippen MR) is 103 cm³/mol. The summed E-state index contributed by atoms with van der Waals surface area (Å²) < 4.78 is 5.92. The summed E-state index contributed by atoms with van der Waals surface area (Å²) >= 11 is 1.74. The molecule has 6 heteroatoms. The minimum absolute atomic E-state index is 0.0854. The first kappa shape index (κ1) is 17.0. The van der Waals surface area contributed by atoms with E-state index in [2.05, 4.69) is 27.0 Å². The zero-order chi connectivity index (χ0) is 18.1. The van der Waals surface area contributed by atoms with E-state index in [1.54, 1.807) is 11.3 Å². The Balaban J connectivity index is 1.57. The molecule has 1 aliphatic heterocycles. The molecule has 0 aliphatic carbocycles. The molecule has 0 spiro atoms. The number of hydrogen-bond acceptors (Lipinski definition) is 4. The van der Waals surface area contributed by atoms with Gasteiger partial charge in [0.2, 0.25) is 5.91 Å². The van der Waals surface area contributed by atoms with E-state index in [0.717, 1.165) is 28.8 Å². The van der Waals surface area contributed by atoms with Gasteiger partial charge >= 0.3 is 0 Å². The molecule has 0 saturated carbocycles. The molecule has 0 bridgehead atoms. The van der Waals surface area contributed by atoms with Crippen molar-refractivity contribution in [2.75, 3.05) is 11.9 Å². The zero-order valence-electron chi connectivity index (χ0n) is 14.8. The lowest BCUT2D eigenvalue weighted by Gasteiger charge is -2.27. The Morgan fingerprint density at radius 3 is 2.96 bits per heavy atom. The Bertz CT molecular complexity index is 916. The van der Waals surface area contributed by atoms with Crippen molar-refractivity contribution in [1.29, 1.82) is 0 Å². The van der Waals surface area contributed by atoms with Crippen molar-refractivity contribution in [3.8, 4) is 11.1 Å². The molecular formula is C20H21N3O2S. The number of anilines is 1. The number of thiophene rings is 1. The second-order valence-electron chi connectivity index (χ2n) is 6.56. The van der Waals surface area contributed by atoms with Crippen molar-refractivity contribution >= 4 is 23.1 Å². The molecular weight excluding hydrogens is 346 g/mol. The van der Waals surface area contributed by atoms with Crippen molar-refractivity contribution in [2.24, 2.45) is 5.92 Å². The smallest absolute Gasteiger partial charge is 0.231 e. The van der Waals surface area contributed by atoms with Gasteiger partial charge in [0.25, 0.3) is 0 Å². The molecule has 2 atom stereocenters. The van der Waals surface area contributed by atoms with Crippen LogP contribution in [0.2, 0.25) is 0 Å². The average molecular weight is 367 g/mol. The van der Waals surface area contributed by atoms with E-state index in [9.17, 15) is 4.79 Å². The van der Waals surface area contributed by atoms with E-state index >= 15 is 0 Å². The largest absolute Gasteiger partial charge is 0.372 e. The Kier molecular flexibility index (Phi) is 4.61. The maximum absolute atomic E-state index is 12.9. The number of H-pyrrole nitrogens is 1. The van der Waals surface area contributed by atoms with Gasteiger partial charge in [-0.15, -0.1) is 11.3 Å². The van der Waals surface area contributed by atoms with Gasteiger partial charge in [0.05, 0.1) is 18.6 Å². The molecule has 2 aromatic heterocycles. The van der Waals surface area contributed by atoms with Gasteiger partial charge in [0, 0.05) is 22.6 Å². The highest BCUT2D eigenvalue weighted by Crippen LogP contribution is 2.37. The van der Waals surface area contributed by atoms with Crippen molar-refractivity contribution in [1.82, 2.24) is 10.2 Å². The van der Waals surface area contributed by atoms with Crippen LogP contribution in [0.4, 0.5) is 5.82 Å². The number of benzene rings is 1. The molecule has 0 radical (unpaired) electrons. The Hall–Kier alpha value is -2.44. The highest BCUT2D eigenvalue weighted by molar-refractivity contribution is 7.10. The quantitative estimate of drug-likeness (QED) is 0.721. The molecule has 0 saturated heterocycles. The molecule has 26 heavy (non-hydrogen) atoms. The average Bonchev–Trinajstić information content (AvgIpc) is 3.28. The number of aryl methyl sites for hydroxylation is 1. The SMILES string of the molecule is Cc1[nH]nc(NC(=O)C(C)C2OCCc3sccc32)c1-c1ccccc1. The zero-order valence-corrected chi connectivity index (χ0v) is 15.6. The van der Waals surface area contributed by atoms with Gasteiger partial charge in [-0.25, -0.2) is 0 Å². The molecule has 4 rings (SSSR count). The summed E-state index contributed by atoms with van der Waals surface area (Å²) in [5.41, 5.74) is 4.02. The Morgan fingerprint density at radius 2 is 2.15 bits per heavy atom. The van der Waals surface area contributed by atoms with Gasteiger partial charge in [-0.1, -0.05) is 37.3 Å². The number of ether oxygens (including phenoxy) is 1. The van der Waals surface area contributed by atoms with Crippen LogP contribution in [0.15, 0.2) is 41.8 Å². The molecule has 5 nitrogen and oxygen atoms in total. The van der Waals surface area contributed by atoms with Gasteiger partial charge in [-0.2, -0.15) is 5.10 Å². The van der Waals surface area contributed by atoms with Crippen molar-refractivity contribution in [2.45, 2.75) is 26.4 Å². The Labute approximate surface area is 156 Å². The first-order valence-corrected chi connectivity index (χ1v) is 9.62. The highest BCUT2D eigenvalue weighted by Gasteiger charge is 2.32. The number of aromatic amines is 1. The van der Waals surface area contributed by atoms with Crippen LogP contribution in [0.3, 0.4) is 0 Å². The topological polar surface area (TPSA) is 67.0 Å². The van der Waals surface area contributed by atoms with Crippen LogP contribution in [-0.2, 0) is 16.0 Å². The van der Waals surface area contributed by atoms with E-state index in [0.29, 0.717) is 12.4 Å². The van der Waals surface area contributed by atoms with E-state index in [4.69, 9.17) is 4.74 Å². The molecule has 3 heterocycles. The molecule has 3 aromatic rings. The number of nitrogens with one attached hydrogen (secondary N) is 2. The minimum atomic E-state index is -0.302. The van der Waals surface area contributed by atoms with Crippen molar-refractivity contribution in [3.05, 3.63) is 57.9 Å². The number of hydrogen-bond donors (Lipinski definition) is 2. The van der Waals surface area contributed by atoms with Crippen LogP contribution in [0, 0.1) is 12.8 Å². The summed E-state index contributed by atoms with van der Waals surface area (Å²) in [7, 11) is 0. The fourth-order valence-corrected chi connectivity index (χ4v) is 4.34. The number of carbonyl (C=O) groups is 1. The summed E-state index contributed by atoms with van der Waals surface area (Å²) in [6, 6.07) is 12.0. The first-order valence-electron chi connectivity index (χ1n) is 8.74. The van der Waals surface area contributed by atoms with Crippen molar-refractivity contribution < 1.29 is 9.53 Å². The Morgan fingerprint density at radius 1 is 1.35 bits per heavy atom. The fourth-order valence-electron chi connectivity index (χ4n) is 3.43. The summed E-state index contributed by atoms with van der Waals surface area (Å²) in [6.07, 6.45) is 0.722. The van der Waals surface area contributed by atoms with Crippen LogP contribution in [-0.4, -0.2) is 22.7 Å². The second-order valence-corrected chi connectivity index (χ2v) is 7.56. The molecule has 0 fully saturated rings. The number of carbonyl (C=O) groups excluding carboxylic acids is 1. The first-order chi connectivity index (χ1) is 12.6. The minimum Gasteiger partial charge on any atom is -0.372 e. The number of aromatic nitrogens is 2. The van der Waals surface area contributed by atoms with E-state index in [1.165, 1.54) is 4.88 Å². The highest BCUT2D eigenvalue weighted by atomic mass is 32.1. The molecule has 1 aromatic carbocycles. The number of nitrogens with zero attached hydrogens (tertiary/aromatic N) is 1. The van der Waals surface area contributed by atoms with Gasteiger partial charge in [-0.05, 0) is 29.5 Å². The molecule has 2 N–H and O–H groups in total. The van der Waals surface area contributed by atoms with Crippen LogP contribution in [0.1, 0.15) is 29.2 Å². The van der Waals surface area contributed by atoms with Gasteiger partial charge in [0.1, 0.15) is 0 Å². The van der Waals surface area contributed by atoms with E-state index in [-0.39, 0.29) is 17.9 Å². The van der Waals surface area contributed by atoms with Crippen LogP contribution < -0.4 is 5.32 Å². The van der Waals surface area contributed by atoms with Gasteiger partial charge < -0.3 is 10.1 Å². The molecule has 1 aliphatic rings. The predicted octanol–water partition coefficient (Wildman–Crippen LogP) is 4.34. The lowest BCUT2D eigenvalue weighted by atomic mass is 9.94. The van der Waals surface area contributed by atoms with E-state index < -0.39 is 0 Å². The summed E-state index contributed by atoms with van der Waals surface area (Å²) in [5, 5.41) is 12.3. The maximum atomic E-state index is 12.9. The molecule has 2 unspecified atom stereocenters. The molecule has 1 amide bonds. The number of amides is 1. The van der Waals surface area contributed by atoms with E-state index in [1.807, 2.05) is 44.2 Å². The van der Waals surface area contributed by atoms with Crippen LogP contribution >= 0.6 is 11.3 Å². The standard InChI is InChI=1S/C20H21N3O2S/c1-12(18-15-9-11-26-16(15)8-10-25-18)20(24)21-19-17(13(2)22-23-19)14-6-4-3-5-7-14/h3-7,9,11-12,18H,8,10H2,1-2H3,(H2,21,22,23,24). The van der Waals surface area contributed by atoms with Crippen molar-refractivity contribution in [3.63, 3.8) is 0 Å². The summed E-state index contributed by atoms with van der Waals surface area (Å²) in [5.74, 6) is 0.175. The summed E-state index contributed by atoms with van der Waals surface area (Å²) in [6.45, 7) is 4.53. The fraction of sp³-hybridized carbons (Fsp3) is 0.300. The lowest BCUT2D eigenvalue weighted by Crippen LogP contribution is -2.30. The summed E-state index contributed by atoms with van der Waals surface area (Å²) in [4.78, 5) is 14.2.